The second-order valence-corrected chi connectivity index (χ2v) is 9.80. The summed E-state index contributed by atoms with van der Waals surface area (Å²) in [6.45, 7) is 6.12. The molecule has 158 valence electrons. The number of rotatable bonds is 7. The fourth-order valence-corrected chi connectivity index (χ4v) is 5.31. The molecule has 6 nitrogen and oxygen atoms in total. The number of methoxy groups -OCH3 is 1. The third kappa shape index (κ3) is 5.09. The maximum absolute atomic E-state index is 5.93. The Kier molecular flexibility index (Phi) is 7.03. The zero-order valence-corrected chi connectivity index (χ0v) is 19.5. The first-order valence-corrected chi connectivity index (χ1v) is 12.2. The summed E-state index contributed by atoms with van der Waals surface area (Å²) < 4.78 is 14.8. The molecule has 0 spiro atoms. The summed E-state index contributed by atoms with van der Waals surface area (Å²) in [6, 6.07) is 6.11. The molecule has 2 saturated heterocycles. The topological polar surface area (TPSA) is 52.4 Å². The number of piperidine rings is 1. The van der Waals surface area contributed by atoms with Crippen molar-refractivity contribution in [1.82, 2.24) is 14.8 Å². The van der Waals surface area contributed by atoms with Crippen LogP contribution in [-0.2, 0) is 17.0 Å². The normalized spacial score (nSPS) is 20.4. The number of anilines is 1. The van der Waals surface area contributed by atoms with Crippen LogP contribution in [-0.4, -0.2) is 47.7 Å². The van der Waals surface area contributed by atoms with Crippen LogP contribution in [0.25, 0.3) is 0 Å². The second-order valence-electron chi connectivity index (χ2n) is 7.94. The van der Waals surface area contributed by atoms with Gasteiger partial charge in [0.15, 0.2) is 5.16 Å². The van der Waals surface area contributed by atoms with Gasteiger partial charge in [-0.15, -0.1) is 10.2 Å². The van der Waals surface area contributed by atoms with Gasteiger partial charge in [-0.05, 0) is 49.8 Å². The van der Waals surface area contributed by atoms with E-state index >= 15 is 0 Å². The first-order chi connectivity index (χ1) is 14.1. The number of ether oxygens (including phenoxy) is 2. The minimum Gasteiger partial charge on any atom is -0.496 e. The molecule has 8 heteroatoms. The van der Waals surface area contributed by atoms with Crippen LogP contribution in [0.5, 0.6) is 5.75 Å². The van der Waals surface area contributed by atoms with Crippen LogP contribution >= 0.6 is 27.7 Å². The largest absolute Gasteiger partial charge is 0.496 e. The Balaban J connectivity index is 1.54. The third-order valence-corrected chi connectivity index (χ3v) is 7.28. The predicted octanol–water partition coefficient (Wildman–Crippen LogP) is 4.76. The summed E-state index contributed by atoms with van der Waals surface area (Å²) in [5, 5.41) is 10.1. The number of hydrogen-bond donors (Lipinski definition) is 0. The molecular formula is C21H29BrN4O2S. The zero-order valence-electron chi connectivity index (χ0n) is 17.1. The van der Waals surface area contributed by atoms with Gasteiger partial charge in [-0.25, -0.2) is 0 Å². The molecule has 2 aliphatic rings. The van der Waals surface area contributed by atoms with Crippen molar-refractivity contribution in [3.05, 3.63) is 28.2 Å². The smallest absolute Gasteiger partial charge is 0.228 e. The van der Waals surface area contributed by atoms with Crippen molar-refractivity contribution in [1.29, 1.82) is 0 Å². The van der Waals surface area contributed by atoms with Gasteiger partial charge in [0.2, 0.25) is 5.95 Å². The molecule has 29 heavy (non-hydrogen) atoms. The standard InChI is InChI=1S/C21H29BrN4O2S/c1-15-7-9-25(10-8-15)20-23-24-21(26(20)13-18-4-3-11-28-18)29-14-16-12-17(22)5-6-19(16)27-2/h5-6,12,15,18H,3-4,7-11,13-14H2,1-2H3. The number of aromatic nitrogens is 3. The average Bonchev–Trinajstić information content (AvgIpc) is 3.38. The van der Waals surface area contributed by atoms with E-state index in [9.17, 15) is 0 Å². The van der Waals surface area contributed by atoms with Gasteiger partial charge < -0.3 is 14.4 Å². The van der Waals surface area contributed by atoms with Crippen LogP contribution in [0.4, 0.5) is 5.95 Å². The van der Waals surface area contributed by atoms with Gasteiger partial charge in [-0.3, -0.25) is 4.57 Å². The Morgan fingerprint density at radius 3 is 2.79 bits per heavy atom. The molecule has 3 heterocycles. The Labute approximate surface area is 185 Å². The van der Waals surface area contributed by atoms with Crippen LogP contribution in [0.2, 0.25) is 0 Å². The SMILES string of the molecule is COc1ccc(Br)cc1CSc1nnc(N2CCC(C)CC2)n1CC1CCCO1. The average molecular weight is 481 g/mol. The summed E-state index contributed by atoms with van der Waals surface area (Å²) in [4.78, 5) is 2.39. The Hall–Kier alpha value is -1.25. The molecule has 2 aromatic rings. The van der Waals surface area contributed by atoms with Gasteiger partial charge in [-0.2, -0.15) is 0 Å². The molecular weight excluding hydrogens is 452 g/mol. The van der Waals surface area contributed by atoms with Crippen molar-refractivity contribution in [2.24, 2.45) is 5.92 Å². The predicted molar refractivity (Wildman–Crippen MR) is 120 cm³/mol. The molecule has 1 aromatic carbocycles. The van der Waals surface area contributed by atoms with Gasteiger partial charge in [0, 0.05) is 35.5 Å². The molecule has 0 radical (unpaired) electrons. The maximum Gasteiger partial charge on any atom is 0.228 e. The molecule has 2 aliphatic heterocycles. The van der Waals surface area contributed by atoms with E-state index in [-0.39, 0.29) is 6.10 Å². The first-order valence-electron chi connectivity index (χ1n) is 10.4. The molecule has 0 amide bonds. The van der Waals surface area contributed by atoms with Crippen LogP contribution in [0.15, 0.2) is 27.8 Å². The van der Waals surface area contributed by atoms with E-state index in [1.54, 1.807) is 18.9 Å². The molecule has 1 atom stereocenters. The van der Waals surface area contributed by atoms with E-state index in [0.717, 1.165) is 77.6 Å². The highest BCUT2D eigenvalue weighted by molar-refractivity contribution is 9.10. The summed E-state index contributed by atoms with van der Waals surface area (Å²) in [5.74, 6) is 3.47. The molecule has 0 saturated carbocycles. The van der Waals surface area contributed by atoms with E-state index in [0.29, 0.717) is 0 Å². The van der Waals surface area contributed by atoms with Crippen LogP contribution in [0, 0.1) is 5.92 Å². The Bertz CT molecular complexity index is 817. The van der Waals surface area contributed by atoms with Gasteiger partial charge in [0.1, 0.15) is 5.75 Å². The monoisotopic (exact) mass is 480 g/mol. The molecule has 4 rings (SSSR count). The van der Waals surface area contributed by atoms with E-state index in [1.165, 1.54) is 12.8 Å². The molecule has 1 unspecified atom stereocenters. The summed E-state index contributed by atoms with van der Waals surface area (Å²) >= 11 is 5.28. The lowest BCUT2D eigenvalue weighted by Gasteiger charge is -2.31. The first kappa shape index (κ1) is 21.0. The Morgan fingerprint density at radius 1 is 1.24 bits per heavy atom. The fraction of sp³-hybridized carbons (Fsp3) is 0.619. The third-order valence-electron chi connectivity index (χ3n) is 5.77. The highest BCUT2D eigenvalue weighted by Gasteiger charge is 2.26. The zero-order chi connectivity index (χ0) is 20.2. The highest BCUT2D eigenvalue weighted by atomic mass is 79.9. The number of hydrogen-bond acceptors (Lipinski definition) is 6. The lowest BCUT2D eigenvalue weighted by molar-refractivity contribution is 0.0951. The van der Waals surface area contributed by atoms with Crippen molar-refractivity contribution in [3.63, 3.8) is 0 Å². The van der Waals surface area contributed by atoms with E-state index in [4.69, 9.17) is 9.47 Å². The van der Waals surface area contributed by atoms with Crippen LogP contribution < -0.4 is 9.64 Å². The minimum absolute atomic E-state index is 0.258. The molecule has 0 bridgehead atoms. The van der Waals surface area contributed by atoms with Crippen LogP contribution in [0.3, 0.4) is 0 Å². The number of nitrogens with zero attached hydrogens (tertiary/aromatic N) is 4. The van der Waals surface area contributed by atoms with Crippen molar-refractivity contribution in [3.8, 4) is 5.75 Å². The van der Waals surface area contributed by atoms with Crippen molar-refractivity contribution in [2.75, 3.05) is 31.7 Å². The number of benzene rings is 1. The van der Waals surface area contributed by atoms with E-state index in [1.807, 2.05) is 12.1 Å². The molecule has 1 aromatic heterocycles. The summed E-state index contributed by atoms with van der Waals surface area (Å²) in [7, 11) is 1.72. The summed E-state index contributed by atoms with van der Waals surface area (Å²) in [5.41, 5.74) is 1.15. The maximum atomic E-state index is 5.93. The summed E-state index contributed by atoms with van der Waals surface area (Å²) in [6.07, 6.45) is 4.93. The van der Waals surface area contributed by atoms with Crippen molar-refractivity contribution >= 4 is 33.6 Å². The van der Waals surface area contributed by atoms with Gasteiger partial charge >= 0.3 is 0 Å². The minimum atomic E-state index is 0.258. The Morgan fingerprint density at radius 2 is 2.07 bits per heavy atom. The molecule has 2 fully saturated rings. The van der Waals surface area contributed by atoms with Gasteiger partial charge in [0.05, 0.1) is 19.8 Å². The lowest BCUT2D eigenvalue weighted by atomic mass is 10.00. The van der Waals surface area contributed by atoms with Crippen molar-refractivity contribution < 1.29 is 9.47 Å². The van der Waals surface area contributed by atoms with Gasteiger partial charge in [-0.1, -0.05) is 34.6 Å². The fourth-order valence-electron chi connectivity index (χ4n) is 3.98. The van der Waals surface area contributed by atoms with E-state index < -0.39 is 0 Å². The molecule has 0 N–H and O–H groups in total. The second kappa shape index (κ2) is 9.71. The quantitative estimate of drug-likeness (QED) is 0.532. The van der Waals surface area contributed by atoms with Gasteiger partial charge in [0.25, 0.3) is 0 Å². The van der Waals surface area contributed by atoms with Crippen molar-refractivity contribution in [2.45, 2.75) is 56.2 Å². The van der Waals surface area contributed by atoms with E-state index in [2.05, 4.69) is 48.6 Å². The highest BCUT2D eigenvalue weighted by Crippen LogP contribution is 2.32. The van der Waals surface area contributed by atoms with Crippen LogP contribution in [0.1, 0.15) is 38.2 Å². The number of thioether (sulfide) groups is 1. The molecule has 0 aliphatic carbocycles. The lowest BCUT2D eigenvalue weighted by Crippen LogP contribution is -2.35. The number of halogens is 1.